The molecule has 0 aliphatic rings. The molecule has 0 aliphatic heterocycles. The number of ether oxygens (including phenoxy) is 3. The minimum atomic E-state index is -0.456. The van der Waals surface area contributed by atoms with E-state index in [0.717, 1.165) is 5.56 Å². The van der Waals surface area contributed by atoms with Gasteiger partial charge in [0.15, 0.2) is 11.5 Å². The summed E-state index contributed by atoms with van der Waals surface area (Å²) in [4.78, 5) is 23.9. The second-order valence-corrected chi connectivity index (χ2v) is 5.32. The number of carbonyl (C=O) groups excluding carboxylic acids is 2. The van der Waals surface area contributed by atoms with Crippen LogP contribution in [0.1, 0.15) is 15.9 Å². The summed E-state index contributed by atoms with van der Waals surface area (Å²) in [5, 5.41) is 6.36. The van der Waals surface area contributed by atoms with Crippen molar-refractivity contribution in [1.82, 2.24) is 10.7 Å². The zero-order chi connectivity index (χ0) is 19.6. The van der Waals surface area contributed by atoms with Gasteiger partial charge in [-0.3, -0.25) is 9.59 Å². The summed E-state index contributed by atoms with van der Waals surface area (Å²) in [7, 11) is 4.56. The molecule has 2 rings (SSSR count). The molecule has 0 saturated carbocycles. The number of hydrogen-bond donors (Lipinski definition) is 2. The van der Waals surface area contributed by atoms with E-state index in [4.69, 9.17) is 14.2 Å². The first-order chi connectivity index (χ1) is 13.1. The van der Waals surface area contributed by atoms with Crippen molar-refractivity contribution in [3.8, 4) is 17.2 Å². The van der Waals surface area contributed by atoms with Crippen molar-refractivity contribution in [3.05, 3.63) is 53.6 Å². The first-order valence-electron chi connectivity index (χ1n) is 8.03. The molecule has 2 aromatic rings. The standard InChI is InChI=1S/C19H21N3O5/c1-25-15-6-4-5-13(9-15)11-21-22-18(23)12-20-19(24)14-7-8-16(26-2)17(10-14)27-3/h4-11H,12H2,1-3H3,(H,20,24)(H,22,23)/b21-11+. The molecule has 142 valence electrons. The van der Waals surface area contributed by atoms with Gasteiger partial charge in [0.05, 0.1) is 34.1 Å². The molecular formula is C19H21N3O5. The fourth-order valence-corrected chi connectivity index (χ4v) is 2.18. The fourth-order valence-electron chi connectivity index (χ4n) is 2.18. The predicted molar refractivity (Wildman–Crippen MR) is 101 cm³/mol. The van der Waals surface area contributed by atoms with E-state index >= 15 is 0 Å². The maximum atomic E-state index is 12.1. The number of carbonyl (C=O) groups is 2. The van der Waals surface area contributed by atoms with Gasteiger partial charge in [-0.15, -0.1) is 0 Å². The highest BCUT2D eigenvalue weighted by molar-refractivity contribution is 5.97. The highest BCUT2D eigenvalue weighted by Gasteiger charge is 2.11. The van der Waals surface area contributed by atoms with Crippen LogP contribution in [0, 0.1) is 0 Å². The zero-order valence-electron chi connectivity index (χ0n) is 15.3. The summed E-state index contributed by atoms with van der Waals surface area (Å²) in [6, 6.07) is 11.9. The van der Waals surface area contributed by atoms with E-state index in [2.05, 4.69) is 15.8 Å². The molecule has 0 bridgehead atoms. The van der Waals surface area contributed by atoms with Crippen molar-refractivity contribution in [1.29, 1.82) is 0 Å². The molecule has 0 spiro atoms. The molecule has 2 amide bonds. The Morgan fingerprint density at radius 3 is 2.48 bits per heavy atom. The number of hydrazone groups is 1. The van der Waals surface area contributed by atoms with Crippen LogP contribution in [0.3, 0.4) is 0 Å². The van der Waals surface area contributed by atoms with Crippen LogP contribution in [0.15, 0.2) is 47.6 Å². The van der Waals surface area contributed by atoms with E-state index in [0.29, 0.717) is 22.8 Å². The van der Waals surface area contributed by atoms with Crippen LogP contribution in [0.5, 0.6) is 17.2 Å². The molecule has 27 heavy (non-hydrogen) atoms. The molecule has 8 heteroatoms. The first kappa shape index (κ1) is 19.8. The van der Waals surface area contributed by atoms with Crippen LogP contribution in [0.4, 0.5) is 0 Å². The number of amides is 2. The van der Waals surface area contributed by atoms with Gasteiger partial charge >= 0.3 is 0 Å². The topological polar surface area (TPSA) is 98.2 Å². The van der Waals surface area contributed by atoms with E-state index in [1.807, 2.05) is 12.1 Å². The molecule has 2 N–H and O–H groups in total. The van der Waals surface area contributed by atoms with E-state index in [-0.39, 0.29) is 6.54 Å². The number of hydrogen-bond acceptors (Lipinski definition) is 6. The molecule has 2 aromatic carbocycles. The van der Waals surface area contributed by atoms with E-state index < -0.39 is 11.8 Å². The second kappa shape index (κ2) is 9.81. The summed E-state index contributed by atoms with van der Waals surface area (Å²) < 4.78 is 15.4. The van der Waals surface area contributed by atoms with Crippen molar-refractivity contribution in [2.75, 3.05) is 27.9 Å². The number of methoxy groups -OCH3 is 3. The quantitative estimate of drug-likeness (QED) is 0.542. The lowest BCUT2D eigenvalue weighted by Gasteiger charge is -2.09. The van der Waals surface area contributed by atoms with Crippen molar-refractivity contribution in [3.63, 3.8) is 0 Å². The monoisotopic (exact) mass is 371 g/mol. The first-order valence-corrected chi connectivity index (χ1v) is 8.03. The molecule has 0 aromatic heterocycles. The lowest BCUT2D eigenvalue weighted by atomic mass is 10.2. The van der Waals surface area contributed by atoms with E-state index in [9.17, 15) is 9.59 Å². The van der Waals surface area contributed by atoms with Gasteiger partial charge < -0.3 is 19.5 Å². The summed E-state index contributed by atoms with van der Waals surface area (Å²) in [6.45, 7) is -0.220. The van der Waals surface area contributed by atoms with Gasteiger partial charge in [0.25, 0.3) is 11.8 Å². The van der Waals surface area contributed by atoms with Crippen molar-refractivity contribution < 1.29 is 23.8 Å². The van der Waals surface area contributed by atoms with Crippen LogP contribution in [0.2, 0.25) is 0 Å². The average molecular weight is 371 g/mol. The average Bonchev–Trinajstić information content (AvgIpc) is 2.71. The minimum absolute atomic E-state index is 0.220. The third-order valence-electron chi connectivity index (χ3n) is 3.55. The van der Waals surface area contributed by atoms with E-state index in [1.54, 1.807) is 31.4 Å². The lowest BCUT2D eigenvalue weighted by molar-refractivity contribution is -0.120. The van der Waals surface area contributed by atoms with Crippen LogP contribution in [-0.2, 0) is 4.79 Å². The lowest BCUT2D eigenvalue weighted by Crippen LogP contribution is -2.34. The van der Waals surface area contributed by atoms with Gasteiger partial charge in [-0.05, 0) is 35.9 Å². The van der Waals surface area contributed by atoms with Gasteiger partial charge in [-0.1, -0.05) is 12.1 Å². The van der Waals surface area contributed by atoms with Crippen molar-refractivity contribution in [2.24, 2.45) is 5.10 Å². The van der Waals surface area contributed by atoms with Crippen molar-refractivity contribution in [2.45, 2.75) is 0 Å². The third kappa shape index (κ3) is 5.74. The molecule has 0 saturated heterocycles. The zero-order valence-corrected chi connectivity index (χ0v) is 15.3. The Morgan fingerprint density at radius 2 is 1.78 bits per heavy atom. The molecule has 0 heterocycles. The third-order valence-corrected chi connectivity index (χ3v) is 3.55. The predicted octanol–water partition coefficient (Wildman–Crippen LogP) is 1.59. The van der Waals surface area contributed by atoms with Gasteiger partial charge in [-0.2, -0.15) is 5.10 Å². The number of nitrogens with one attached hydrogen (secondary N) is 2. The summed E-state index contributed by atoms with van der Waals surface area (Å²) in [5.74, 6) is 0.759. The smallest absolute Gasteiger partial charge is 0.259 e. The normalized spacial score (nSPS) is 10.3. The molecular weight excluding hydrogens is 350 g/mol. The SMILES string of the molecule is COc1cccc(/C=N/NC(=O)CNC(=O)c2ccc(OC)c(OC)c2)c1. The number of nitrogens with zero attached hydrogens (tertiary/aromatic N) is 1. The highest BCUT2D eigenvalue weighted by atomic mass is 16.5. The van der Waals surface area contributed by atoms with Gasteiger partial charge in [0, 0.05) is 5.56 Å². The van der Waals surface area contributed by atoms with Gasteiger partial charge in [0.1, 0.15) is 5.75 Å². The molecule has 8 nitrogen and oxygen atoms in total. The Morgan fingerprint density at radius 1 is 1.00 bits per heavy atom. The van der Waals surface area contributed by atoms with Crippen LogP contribution in [0.25, 0.3) is 0 Å². The highest BCUT2D eigenvalue weighted by Crippen LogP contribution is 2.27. The second-order valence-electron chi connectivity index (χ2n) is 5.32. The molecule has 0 fully saturated rings. The molecule has 0 atom stereocenters. The fraction of sp³-hybridized carbons (Fsp3) is 0.211. The maximum absolute atomic E-state index is 12.1. The van der Waals surface area contributed by atoms with Crippen LogP contribution >= 0.6 is 0 Å². The Bertz CT molecular complexity index is 836. The Balaban J connectivity index is 1.86. The van der Waals surface area contributed by atoms with Crippen LogP contribution in [-0.4, -0.2) is 45.9 Å². The minimum Gasteiger partial charge on any atom is -0.497 e. The molecule has 0 radical (unpaired) electrons. The number of rotatable bonds is 8. The summed E-state index contributed by atoms with van der Waals surface area (Å²) in [6.07, 6.45) is 1.48. The summed E-state index contributed by atoms with van der Waals surface area (Å²) >= 11 is 0. The molecule has 0 aliphatic carbocycles. The Hall–Kier alpha value is -3.55. The molecule has 0 unspecified atom stereocenters. The van der Waals surface area contributed by atoms with Gasteiger partial charge in [-0.25, -0.2) is 5.43 Å². The Kier molecular flexibility index (Phi) is 7.18. The van der Waals surface area contributed by atoms with Crippen LogP contribution < -0.4 is 25.0 Å². The number of benzene rings is 2. The Labute approximate surface area is 157 Å². The van der Waals surface area contributed by atoms with Crippen molar-refractivity contribution >= 4 is 18.0 Å². The largest absolute Gasteiger partial charge is 0.497 e. The van der Waals surface area contributed by atoms with E-state index in [1.165, 1.54) is 26.5 Å². The van der Waals surface area contributed by atoms with Gasteiger partial charge in [0.2, 0.25) is 0 Å². The maximum Gasteiger partial charge on any atom is 0.259 e. The summed E-state index contributed by atoms with van der Waals surface area (Å²) in [5.41, 5.74) is 3.46.